The summed E-state index contributed by atoms with van der Waals surface area (Å²) in [4.78, 5) is 37.1. The largest absolute Gasteiger partial charge is 0.436 e. The Balaban J connectivity index is 3.90. The van der Waals surface area contributed by atoms with Crippen LogP contribution in [0.25, 0.3) is 0 Å². The van der Waals surface area contributed by atoms with E-state index in [0.717, 1.165) is 0 Å². The lowest BCUT2D eigenvalue weighted by molar-refractivity contribution is 0.532. The van der Waals surface area contributed by atoms with E-state index in [2.05, 4.69) is 0 Å². The fourth-order valence-electron chi connectivity index (χ4n) is 0.754. The highest BCUT2D eigenvalue weighted by molar-refractivity contribution is 7.58. The van der Waals surface area contributed by atoms with Crippen LogP contribution in [-0.4, -0.2) is 52.4 Å². The van der Waals surface area contributed by atoms with Crippen molar-refractivity contribution in [1.29, 1.82) is 0 Å². The average Bonchev–Trinajstić information content (AvgIpc) is 2.00. The Bertz CT molecular complexity index is 112. The van der Waals surface area contributed by atoms with E-state index < -0.39 is 33.3 Å². The van der Waals surface area contributed by atoms with Crippen LogP contribution in [0.15, 0.2) is 0 Å². The first kappa shape index (κ1) is 11.7. The Kier molecular flexibility index (Phi) is 5.72. The van der Waals surface area contributed by atoms with Crippen molar-refractivity contribution in [3.63, 3.8) is 0 Å². The highest BCUT2D eigenvalue weighted by Crippen LogP contribution is 1.95. The van der Waals surface area contributed by atoms with Crippen molar-refractivity contribution in [2.24, 2.45) is 0 Å². The van der Waals surface area contributed by atoms with E-state index in [0.29, 0.717) is 6.04 Å². The number of rotatable bonds is 4. The van der Waals surface area contributed by atoms with Crippen molar-refractivity contribution >= 4 is 33.3 Å². The second kappa shape index (κ2) is 5.37. The fraction of sp³-hybridized carbons (Fsp3) is 1.00. The van der Waals surface area contributed by atoms with Gasteiger partial charge in [-0.3, -0.25) is 0 Å². The molecule has 0 saturated heterocycles. The molecule has 11 heavy (non-hydrogen) atoms. The van der Waals surface area contributed by atoms with Crippen molar-refractivity contribution < 1.29 is 19.2 Å². The molecule has 0 bridgehead atoms. The predicted octanol–water partition coefficient (Wildman–Crippen LogP) is -3.26. The van der Waals surface area contributed by atoms with Gasteiger partial charge in [-0.2, -0.15) is 0 Å². The summed E-state index contributed by atoms with van der Waals surface area (Å²) in [7, 11) is -8.51. The first-order valence-corrected chi connectivity index (χ1v) is 15.8. The Hall–Kier alpha value is 0.708. The van der Waals surface area contributed by atoms with Crippen LogP contribution in [0.2, 0.25) is 12.6 Å². The maximum Gasteiger partial charge on any atom is 0.203 e. The minimum Gasteiger partial charge on any atom is -0.436 e. The quantitative estimate of drug-likeness (QED) is 0.381. The van der Waals surface area contributed by atoms with Gasteiger partial charge in [0.15, 0.2) is 17.1 Å². The van der Waals surface area contributed by atoms with Crippen molar-refractivity contribution in [3.8, 4) is 0 Å². The topological polar surface area (TPSA) is 80.9 Å². The minimum absolute atomic E-state index is 0.610. The molecule has 0 rings (SSSR count). The van der Waals surface area contributed by atoms with Crippen LogP contribution in [-0.2, 0) is 0 Å². The van der Waals surface area contributed by atoms with Crippen LogP contribution in [0.4, 0.5) is 0 Å². The third-order valence-electron chi connectivity index (χ3n) is 1.66. The van der Waals surface area contributed by atoms with Gasteiger partial charge in [0, 0.05) is 0 Å². The Morgan fingerprint density at radius 1 is 1.00 bits per heavy atom. The van der Waals surface area contributed by atoms with Gasteiger partial charge in [0.25, 0.3) is 0 Å². The Morgan fingerprint density at radius 2 is 1.45 bits per heavy atom. The van der Waals surface area contributed by atoms with Gasteiger partial charge in [0.05, 0.1) is 0 Å². The molecule has 0 fully saturated rings. The van der Waals surface area contributed by atoms with Gasteiger partial charge in [-0.25, -0.2) is 0 Å². The smallest absolute Gasteiger partial charge is 0.203 e. The molecule has 68 valence electrons. The van der Waals surface area contributed by atoms with E-state index in [1.54, 1.807) is 6.55 Å². The van der Waals surface area contributed by atoms with E-state index in [-0.39, 0.29) is 0 Å². The van der Waals surface area contributed by atoms with Gasteiger partial charge in [-0.15, -0.1) is 0 Å². The lowest BCUT2D eigenvalue weighted by atomic mass is 11.0. The summed E-state index contributed by atoms with van der Waals surface area (Å²) < 4.78 is 0. The molecule has 0 aromatic heterocycles. The van der Waals surface area contributed by atoms with E-state index in [1.165, 1.54) is 0 Å². The first-order valence-electron chi connectivity index (χ1n) is 3.73. The molecule has 0 aliphatic heterocycles. The predicted molar refractivity (Wildman–Crippen MR) is 53.8 cm³/mol. The summed E-state index contributed by atoms with van der Waals surface area (Å²) in [5.41, 5.74) is 0. The number of hydrogen-bond donors (Lipinski definition) is 4. The zero-order valence-corrected chi connectivity index (χ0v) is 11.4. The van der Waals surface area contributed by atoms with Gasteiger partial charge in [0.2, 0.25) is 16.2 Å². The van der Waals surface area contributed by atoms with Gasteiger partial charge < -0.3 is 19.2 Å². The average molecular weight is 229 g/mol. The van der Waals surface area contributed by atoms with Gasteiger partial charge in [0.1, 0.15) is 0 Å². The lowest BCUT2D eigenvalue weighted by Gasteiger charge is -2.17. The van der Waals surface area contributed by atoms with Crippen LogP contribution < -0.4 is 0 Å². The van der Waals surface area contributed by atoms with Crippen molar-refractivity contribution in [3.05, 3.63) is 0 Å². The molecule has 4 nitrogen and oxygen atoms in total. The highest BCUT2D eigenvalue weighted by atomic mass is 29.8. The number of hydrogen-bond acceptors (Lipinski definition) is 4. The normalized spacial score (nSPS) is 22.4. The zero-order chi connectivity index (χ0) is 9.02. The van der Waals surface area contributed by atoms with Gasteiger partial charge in [-0.1, -0.05) is 6.92 Å². The zero-order valence-electron chi connectivity index (χ0n) is 6.81. The molecule has 4 N–H and O–H groups in total. The summed E-state index contributed by atoms with van der Waals surface area (Å²) in [6, 6.07) is 0.610. The second-order valence-electron chi connectivity index (χ2n) is 2.70. The summed E-state index contributed by atoms with van der Waals surface area (Å²) >= 11 is 0. The molecule has 8 heteroatoms. The third kappa shape index (κ3) is 3.75. The summed E-state index contributed by atoms with van der Waals surface area (Å²) in [5, 5.41) is 0. The molecule has 0 aliphatic rings. The summed E-state index contributed by atoms with van der Waals surface area (Å²) in [6.07, 6.45) is 0. The molecule has 4 unspecified atom stereocenters. The molecule has 0 saturated carbocycles. The Morgan fingerprint density at radius 3 is 1.73 bits per heavy atom. The van der Waals surface area contributed by atoms with E-state index in [4.69, 9.17) is 4.80 Å². The maximum absolute atomic E-state index is 9.39. The highest BCUT2D eigenvalue weighted by Gasteiger charge is 2.33. The SMILES string of the molecule is CC[SiH](O)[SiH](O)[SiH](O)[SiH](C)O. The summed E-state index contributed by atoms with van der Waals surface area (Å²) in [5.74, 6) is 0. The van der Waals surface area contributed by atoms with Crippen LogP contribution in [0, 0.1) is 0 Å². The monoisotopic (exact) mass is 228 g/mol. The van der Waals surface area contributed by atoms with Crippen LogP contribution >= 0.6 is 0 Å². The van der Waals surface area contributed by atoms with E-state index in [1.807, 2.05) is 6.92 Å². The molecule has 0 aliphatic carbocycles. The van der Waals surface area contributed by atoms with E-state index in [9.17, 15) is 14.4 Å². The van der Waals surface area contributed by atoms with Crippen molar-refractivity contribution in [2.45, 2.75) is 19.5 Å². The molecule has 0 amide bonds. The molecule has 0 aromatic rings. The standard InChI is InChI=1S/C3H16O4Si4/c1-3-9(5)11(7)10(6)8(2)4/h4-11H,3H2,1-2H3. The first-order chi connectivity index (χ1) is 5.00. The van der Waals surface area contributed by atoms with Gasteiger partial charge >= 0.3 is 0 Å². The van der Waals surface area contributed by atoms with Crippen LogP contribution in [0.1, 0.15) is 6.92 Å². The van der Waals surface area contributed by atoms with Crippen molar-refractivity contribution in [1.82, 2.24) is 0 Å². The second-order valence-corrected chi connectivity index (χ2v) is 26.1. The fourth-order valence-corrected chi connectivity index (χ4v) is 34.1. The molecule has 0 heterocycles. The Labute approximate surface area is 72.4 Å². The maximum atomic E-state index is 9.39. The van der Waals surface area contributed by atoms with Gasteiger partial charge in [-0.05, 0) is 12.6 Å². The molecule has 4 atom stereocenters. The molecule has 0 radical (unpaired) electrons. The molecular weight excluding hydrogens is 212 g/mol. The van der Waals surface area contributed by atoms with Crippen LogP contribution in [0.3, 0.4) is 0 Å². The minimum atomic E-state index is -2.25. The molecule has 0 aromatic carbocycles. The lowest BCUT2D eigenvalue weighted by Crippen LogP contribution is -2.56. The van der Waals surface area contributed by atoms with Crippen molar-refractivity contribution in [2.75, 3.05) is 0 Å². The summed E-state index contributed by atoms with van der Waals surface area (Å²) in [6.45, 7) is 3.43. The van der Waals surface area contributed by atoms with E-state index >= 15 is 0 Å². The molecular formula is C3H16O4Si4. The van der Waals surface area contributed by atoms with Crippen LogP contribution in [0.5, 0.6) is 0 Å². The third-order valence-corrected chi connectivity index (χ3v) is 33.9. The molecule has 0 spiro atoms.